The van der Waals surface area contributed by atoms with Crippen LogP contribution in [0.5, 0.6) is 0 Å². The number of carbonyl (C=O) groups excluding carboxylic acids is 1. The van der Waals surface area contributed by atoms with Crippen molar-refractivity contribution in [3.63, 3.8) is 0 Å². The molecule has 9 heteroatoms. The molecule has 0 aliphatic carbocycles. The largest absolute Gasteiger partial charge is 0.471 e. The predicted octanol–water partition coefficient (Wildman–Crippen LogP) is 2.55. The maximum Gasteiger partial charge on any atom is 0.471 e. The summed E-state index contributed by atoms with van der Waals surface area (Å²) in [4.78, 5) is 15.2. The quantitative estimate of drug-likeness (QED) is 0.882. The van der Waals surface area contributed by atoms with E-state index in [0.717, 1.165) is 0 Å². The Kier molecular flexibility index (Phi) is 4.99. The van der Waals surface area contributed by atoms with Crippen LogP contribution < -0.4 is 10.6 Å². The summed E-state index contributed by atoms with van der Waals surface area (Å²) in [6, 6.07) is 6.12. The molecule has 0 radical (unpaired) electrons. The van der Waals surface area contributed by atoms with Gasteiger partial charge in [-0.3, -0.25) is 4.79 Å². The van der Waals surface area contributed by atoms with Crippen LogP contribution in [0.1, 0.15) is 12.8 Å². The monoisotopic (exact) mass is 328 g/mol. The number of benzene rings is 1. The lowest BCUT2D eigenvalue weighted by atomic mass is 10.1. The Labute approximate surface area is 130 Å². The number of carbonyl (C=O) groups is 1. The first-order chi connectivity index (χ1) is 10.8. The van der Waals surface area contributed by atoms with Gasteiger partial charge < -0.3 is 15.2 Å². The fourth-order valence-electron chi connectivity index (χ4n) is 1.82. The third-order valence-corrected chi connectivity index (χ3v) is 3.04. The summed E-state index contributed by atoms with van der Waals surface area (Å²) in [5.74, 6) is -1.94. The number of amides is 1. The number of halogens is 3. The fraction of sp³-hybridized carbons (Fsp3) is 0.357. The van der Waals surface area contributed by atoms with Crippen molar-refractivity contribution in [2.75, 3.05) is 18.9 Å². The number of alkyl halides is 3. The Bertz CT molecular complexity index is 667. The highest BCUT2D eigenvalue weighted by Crippen LogP contribution is 2.29. The highest BCUT2D eigenvalue weighted by atomic mass is 19.4. The molecule has 2 aromatic rings. The van der Waals surface area contributed by atoms with Crippen molar-refractivity contribution >= 4 is 11.6 Å². The second-order valence-electron chi connectivity index (χ2n) is 4.95. The van der Waals surface area contributed by atoms with Crippen LogP contribution in [-0.4, -0.2) is 29.6 Å². The van der Waals surface area contributed by atoms with E-state index in [1.165, 1.54) is 12.1 Å². The van der Waals surface area contributed by atoms with Crippen molar-refractivity contribution < 1.29 is 22.5 Å². The van der Waals surface area contributed by atoms with Gasteiger partial charge in [0.1, 0.15) is 0 Å². The Morgan fingerprint density at radius 2 is 1.96 bits per heavy atom. The van der Waals surface area contributed by atoms with Gasteiger partial charge in [0.25, 0.3) is 0 Å². The van der Waals surface area contributed by atoms with Crippen LogP contribution >= 0.6 is 0 Å². The van der Waals surface area contributed by atoms with E-state index in [1.54, 1.807) is 26.1 Å². The van der Waals surface area contributed by atoms with Gasteiger partial charge in [0, 0.05) is 23.7 Å². The number of hydrogen-bond acceptors (Lipinski definition) is 5. The number of nitrogens with zero attached hydrogens (tertiary/aromatic N) is 2. The normalized spacial score (nSPS) is 12.9. The van der Waals surface area contributed by atoms with Gasteiger partial charge in [-0.05, 0) is 31.3 Å². The molecular weight excluding hydrogens is 313 g/mol. The van der Waals surface area contributed by atoms with Crippen molar-refractivity contribution in [3.8, 4) is 11.4 Å². The average molecular weight is 328 g/mol. The Morgan fingerprint density at radius 1 is 1.30 bits per heavy atom. The third-order valence-electron chi connectivity index (χ3n) is 3.04. The zero-order valence-corrected chi connectivity index (χ0v) is 12.4. The number of rotatable bonds is 5. The molecule has 0 aliphatic heterocycles. The van der Waals surface area contributed by atoms with E-state index in [0.29, 0.717) is 17.8 Å². The summed E-state index contributed by atoms with van der Waals surface area (Å²) in [5, 5.41) is 8.91. The van der Waals surface area contributed by atoms with Gasteiger partial charge in [-0.1, -0.05) is 12.1 Å². The van der Waals surface area contributed by atoms with E-state index >= 15 is 0 Å². The molecule has 2 rings (SSSR count). The maximum absolute atomic E-state index is 12.4. The standard InChI is InChI=1S/C14H15F3N4O2/c1-8(7-18-2)12(22)19-10-5-3-9(4-6-10)11-20-13(23-21-11)14(15,16)17/h3-6,8,18H,7H2,1-2H3,(H,19,22). The predicted molar refractivity (Wildman–Crippen MR) is 76.5 cm³/mol. The van der Waals surface area contributed by atoms with Crippen molar-refractivity contribution in [2.45, 2.75) is 13.1 Å². The van der Waals surface area contributed by atoms with Gasteiger partial charge in [0.2, 0.25) is 11.7 Å². The number of anilines is 1. The van der Waals surface area contributed by atoms with Gasteiger partial charge in [-0.15, -0.1) is 0 Å². The number of aromatic nitrogens is 2. The van der Waals surface area contributed by atoms with Gasteiger partial charge in [0.05, 0.1) is 0 Å². The second kappa shape index (κ2) is 6.78. The van der Waals surface area contributed by atoms with Gasteiger partial charge >= 0.3 is 12.1 Å². The molecule has 6 nitrogen and oxygen atoms in total. The van der Waals surface area contributed by atoms with Crippen LogP contribution in [0.4, 0.5) is 18.9 Å². The summed E-state index contributed by atoms with van der Waals surface area (Å²) in [5.41, 5.74) is 0.881. The van der Waals surface area contributed by atoms with Gasteiger partial charge in [-0.2, -0.15) is 18.2 Å². The molecule has 0 saturated carbocycles. The van der Waals surface area contributed by atoms with Crippen LogP contribution in [0.2, 0.25) is 0 Å². The highest BCUT2D eigenvalue weighted by molar-refractivity contribution is 5.92. The molecule has 1 aromatic carbocycles. The van der Waals surface area contributed by atoms with Crippen molar-refractivity contribution in [3.05, 3.63) is 30.2 Å². The average Bonchev–Trinajstić information content (AvgIpc) is 2.98. The Balaban J connectivity index is 2.08. The third kappa shape index (κ3) is 4.28. The molecule has 2 N–H and O–H groups in total. The molecule has 1 atom stereocenters. The van der Waals surface area contributed by atoms with Crippen LogP contribution in [-0.2, 0) is 11.0 Å². The van der Waals surface area contributed by atoms with E-state index in [1.807, 2.05) is 0 Å². The molecule has 124 valence electrons. The molecule has 0 bridgehead atoms. The van der Waals surface area contributed by atoms with E-state index in [2.05, 4.69) is 25.3 Å². The van der Waals surface area contributed by atoms with Gasteiger partial charge in [-0.25, -0.2) is 0 Å². The molecule has 0 saturated heterocycles. The van der Waals surface area contributed by atoms with Crippen molar-refractivity contribution in [1.82, 2.24) is 15.5 Å². The highest BCUT2D eigenvalue weighted by Gasteiger charge is 2.38. The minimum absolute atomic E-state index is 0.161. The summed E-state index contributed by atoms with van der Waals surface area (Å²) in [6.07, 6.45) is -4.68. The number of hydrogen-bond donors (Lipinski definition) is 2. The smallest absolute Gasteiger partial charge is 0.329 e. The summed E-state index contributed by atoms with van der Waals surface area (Å²) in [6.45, 7) is 2.31. The topological polar surface area (TPSA) is 80.0 Å². The van der Waals surface area contributed by atoms with Crippen LogP contribution in [0.15, 0.2) is 28.8 Å². The molecule has 1 aromatic heterocycles. The molecule has 0 spiro atoms. The number of nitrogens with one attached hydrogen (secondary N) is 2. The minimum atomic E-state index is -4.68. The molecule has 0 fully saturated rings. The Morgan fingerprint density at radius 3 is 2.48 bits per heavy atom. The first-order valence-corrected chi connectivity index (χ1v) is 6.78. The van der Waals surface area contributed by atoms with E-state index in [9.17, 15) is 18.0 Å². The van der Waals surface area contributed by atoms with E-state index < -0.39 is 12.1 Å². The zero-order chi connectivity index (χ0) is 17.0. The van der Waals surface area contributed by atoms with Crippen molar-refractivity contribution in [2.24, 2.45) is 5.92 Å². The lowest BCUT2D eigenvalue weighted by Crippen LogP contribution is -2.28. The minimum Gasteiger partial charge on any atom is -0.329 e. The molecule has 1 amide bonds. The SMILES string of the molecule is CNCC(C)C(=O)Nc1ccc(-c2noc(C(F)(F)F)n2)cc1. The molecular formula is C14H15F3N4O2. The second-order valence-corrected chi connectivity index (χ2v) is 4.95. The molecule has 1 heterocycles. The lowest BCUT2D eigenvalue weighted by Gasteiger charge is -2.11. The summed E-state index contributed by atoms with van der Waals surface area (Å²) >= 11 is 0. The maximum atomic E-state index is 12.4. The fourth-order valence-corrected chi connectivity index (χ4v) is 1.82. The van der Waals surface area contributed by atoms with Gasteiger partial charge in [0.15, 0.2) is 0 Å². The van der Waals surface area contributed by atoms with E-state index in [-0.39, 0.29) is 17.6 Å². The van der Waals surface area contributed by atoms with Crippen LogP contribution in [0, 0.1) is 5.92 Å². The van der Waals surface area contributed by atoms with Crippen LogP contribution in [0.3, 0.4) is 0 Å². The Hall–Kier alpha value is -2.42. The molecule has 0 aliphatic rings. The first kappa shape index (κ1) is 16.9. The van der Waals surface area contributed by atoms with Crippen LogP contribution in [0.25, 0.3) is 11.4 Å². The first-order valence-electron chi connectivity index (χ1n) is 6.78. The van der Waals surface area contributed by atoms with Crippen molar-refractivity contribution in [1.29, 1.82) is 0 Å². The summed E-state index contributed by atoms with van der Waals surface area (Å²) < 4.78 is 41.4. The molecule has 1 unspecified atom stereocenters. The summed E-state index contributed by atoms with van der Waals surface area (Å²) in [7, 11) is 1.75. The van der Waals surface area contributed by atoms with E-state index in [4.69, 9.17) is 0 Å². The molecule has 23 heavy (non-hydrogen) atoms. The lowest BCUT2D eigenvalue weighted by molar-refractivity contribution is -0.159. The zero-order valence-electron chi connectivity index (χ0n) is 12.4.